The van der Waals surface area contributed by atoms with Gasteiger partial charge in [-0.3, -0.25) is 4.98 Å². The van der Waals surface area contributed by atoms with Gasteiger partial charge in [-0.25, -0.2) is 0 Å². The van der Waals surface area contributed by atoms with Crippen molar-refractivity contribution in [3.8, 4) is 11.3 Å². The molecule has 0 N–H and O–H groups in total. The zero-order valence-electron chi connectivity index (χ0n) is 12.6. The van der Waals surface area contributed by atoms with Gasteiger partial charge >= 0.3 is 0 Å². The summed E-state index contributed by atoms with van der Waals surface area (Å²) in [6.07, 6.45) is 2.06. The molecule has 1 nitrogen and oxygen atoms in total. The standard InChI is InChI=1S/C17H23NSi/c1-13(2)14-7-6-8-15(11-14)17-10-9-16(12-18-17)19(3,4)5/h6-13H,1-5H3. The zero-order valence-corrected chi connectivity index (χ0v) is 13.6. The Labute approximate surface area is 117 Å². The van der Waals surface area contributed by atoms with Gasteiger partial charge in [-0.15, -0.1) is 0 Å². The lowest BCUT2D eigenvalue weighted by atomic mass is 9.99. The SMILES string of the molecule is CC(C)c1cccc(-c2ccc([Si](C)(C)C)cn2)c1. The summed E-state index contributed by atoms with van der Waals surface area (Å²) in [4.78, 5) is 4.65. The Morgan fingerprint density at radius 2 is 1.74 bits per heavy atom. The van der Waals surface area contributed by atoms with Crippen molar-refractivity contribution in [2.75, 3.05) is 0 Å². The fourth-order valence-corrected chi connectivity index (χ4v) is 3.10. The molecule has 2 rings (SSSR count). The van der Waals surface area contributed by atoms with Crippen molar-refractivity contribution in [3.63, 3.8) is 0 Å². The molecule has 2 heteroatoms. The summed E-state index contributed by atoms with van der Waals surface area (Å²) in [5.41, 5.74) is 3.66. The fourth-order valence-electron chi connectivity index (χ4n) is 2.07. The van der Waals surface area contributed by atoms with Crippen LogP contribution in [0.3, 0.4) is 0 Å². The number of aromatic nitrogens is 1. The van der Waals surface area contributed by atoms with E-state index in [0.717, 1.165) is 5.69 Å². The number of nitrogens with zero attached hydrogens (tertiary/aromatic N) is 1. The van der Waals surface area contributed by atoms with E-state index >= 15 is 0 Å². The molecule has 0 aliphatic rings. The molecular weight excluding hydrogens is 246 g/mol. The van der Waals surface area contributed by atoms with Gasteiger partial charge in [0.1, 0.15) is 0 Å². The van der Waals surface area contributed by atoms with Crippen LogP contribution in [0.2, 0.25) is 19.6 Å². The van der Waals surface area contributed by atoms with Crippen LogP contribution in [-0.4, -0.2) is 13.1 Å². The minimum atomic E-state index is -1.25. The molecule has 0 atom stereocenters. The van der Waals surface area contributed by atoms with Gasteiger partial charge in [0.05, 0.1) is 13.8 Å². The van der Waals surface area contributed by atoms with Crippen LogP contribution in [-0.2, 0) is 0 Å². The molecule has 0 spiro atoms. The minimum absolute atomic E-state index is 0.557. The fraction of sp³-hybridized carbons (Fsp3) is 0.353. The van der Waals surface area contributed by atoms with E-state index in [2.05, 4.69) is 81.1 Å². The van der Waals surface area contributed by atoms with E-state index in [-0.39, 0.29) is 0 Å². The second kappa shape index (κ2) is 5.30. The Bertz CT molecular complexity index is 550. The molecule has 0 bridgehead atoms. The monoisotopic (exact) mass is 269 g/mol. The van der Waals surface area contributed by atoms with Crippen molar-refractivity contribution in [3.05, 3.63) is 48.2 Å². The summed E-state index contributed by atoms with van der Waals surface area (Å²) >= 11 is 0. The Morgan fingerprint density at radius 3 is 2.26 bits per heavy atom. The largest absolute Gasteiger partial charge is 0.256 e. The molecule has 1 aromatic carbocycles. The van der Waals surface area contributed by atoms with Crippen molar-refractivity contribution >= 4 is 13.3 Å². The van der Waals surface area contributed by atoms with E-state index in [1.807, 2.05) is 0 Å². The van der Waals surface area contributed by atoms with Gasteiger partial charge < -0.3 is 0 Å². The molecule has 0 saturated carbocycles. The average Bonchev–Trinajstić information content (AvgIpc) is 2.38. The van der Waals surface area contributed by atoms with Crippen LogP contribution in [0, 0.1) is 0 Å². The Morgan fingerprint density at radius 1 is 1.00 bits per heavy atom. The van der Waals surface area contributed by atoms with E-state index in [9.17, 15) is 0 Å². The molecule has 0 fully saturated rings. The van der Waals surface area contributed by atoms with Crippen LogP contribution < -0.4 is 5.19 Å². The molecule has 0 unspecified atom stereocenters. The number of hydrogen-bond acceptors (Lipinski definition) is 1. The normalized spacial score (nSPS) is 11.9. The van der Waals surface area contributed by atoms with Crippen LogP contribution in [0.5, 0.6) is 0 Å². The van der Waals surface area contributed by atoms with Gasteiger partial charge in [0, 0.05) is 11.8 Å². The van der Waals surface area contributed by atoms with Crippen LogP contribution in [0.15, 0.2) is 42.6 Å². The highest BCUT2D eigenvalue weighted by Gasteiger charge is 2.16. The number of pyridine rings is 1. The van der Waals surface area contributed by atoms with E-state index in [1.165, 1.54) is 16.3 Å². The van der Waals surface area contributed by atoms with Gasteiger partial charge in [-0.2, -0.15) is 0 Å². The summed E-state index contributed by atoms with van der Waals surface area (Å²) in [5.74, 6) is 0.557. The van der Waals surface area contributed by atoms with Gasteiger partial charge in [-0.1, -0.05) is 57.8 Å². The third-order valence-electron chi connectivity index (χ3n) is 3.48. The van der Waals surface area contributed by atoms with Crippen molar-refractivity contribution < 1.29 is 0 Å². The molecule has 0 amide bonds. The minimum Gasteiger partial charge on any atom is -0.256 e. The Hall–Kier alpha value is -1.41. The first-order valence-corrected chi connectivity index (χ1v) is 10.4. The Kier molecular flexibility index (Phi) is 3.90. The maximum atomic E-state index is 4.65. The second-order valence-corrected chi connectivity index (χ2v) is 11.5. The van der Waals surface area contributed by atoms with Crippen molar-refractivity contribution in [1.82, 2.24) is 4.98 Å². The molecule has 0 saturated heterocycles. The highest BCUT2D eigenvalue weighted by atomic mass is 28.3. The van der Waals surface area contributed by atoms with Gasteiger partial charge in [0.25, 0.3) is 0 Å². The van der Waals surface area contributed by atoms with Crippen LogP contribution >= 0.6 is 0 Å². The third kappa shape index (κ3) is 3.32. The molecule has 0 radical (unpaired) electrons. The van der Waals surface area contributed by atoms with Gasteiger partial charge in [0.15, 0.2) is 0 Å². The first kappa shape index (κ1) is 14.0. The predicted octanol–water partition coefficient (Wildman–Crippen LogP) is 4.42. The lowest BCUT2D eigenvalue weighted by molar-refractivity contribution is 0.867. The first-order chi connectivity index (χ1) is 8.88. The zero-order chi connectivity index (χ0) is 14.0. The first-order valence-electron chi connectivity index (χ1n) is 6.95. The van der Waals surface area contributed by atoms with E-state index < -0.39 is 8.07 Å². The second-order valence-electron chi connectivity index (χ2n) is 6.46. The topological polar surface area (TPSA) is 12.9 Å². The highest BCUT2D eigenvalue weighted by Crippen LogP contribution is 2.22. The summed E-state index contributed by atoms with van der Waals surface area (Å²) < 4.78 is 0. The quantitative estimate of drug-likeness (QED) is 0.752. The summed E-state index contributed by atoms with van der Waals surface area (Å²) in [5, 5.41) is 1.41. The smallest absolute Gasteiger partial charge is 0.0796 e. The predicted molar refractivity (Wildman–Crippen MR) is 86.7 cm³/mol. The van der Waals surface area contributed by atoms with Crippen LogP contribution in [0.25, 0.3) is 11.3 Å². The summed E-state index contributed by atoms with van der Waals surface area (Å²) in [6, 6.07) is 13.1. The molecule has 0 aliphatic heterocycles. The molecule has 100 valence electrons. The van der Waals surface area contributed by atoms with Crippen molar-refractivity contribution in [2.24, 2.45) is 0 Å². The average molecular weight is 269 g/mol. The summed E-state index contributed by atoms with van der Waals surface area (Å²) in [7, 11) is -1.25. The molecular formula is C17H23NSi. The molecule has 1 aromatic heterocycles. The lowest BCUT2D eigenvalue weighted by Crippen LogP contribution is -2.37. The van der Waals surface area contributed by atoms with Crippen LogP contribution in [0.4, 0.5) is 0 Å². The maximum Gasteiger partial charge on any atom is 0.0796 e. The number of hydrogen-bond donors (Lipinski definition) is 0. The lowest BCUT2D eigenvalue weighted by Gasteiger charge is -2.16. The molecule has 0 aliphatic carbocycles. The van der Waals surface area contributed by atoms with Gasteiger partial charge in [0.2, 0.25) is 0 Å². The van der Waals surface area contributed by atoms with Crippen molar-refractivity contribution in [2.45, 2.75) is 39.4 Å². The highest BCUT2D eigenvalue weighted by molar-refractivity contribution is 6.88. The van der Waals surface area contributed by atoms with Crippen LogP contribution in [0.1, 0.15) is 25.3 Å². The number of benzene rings is 1. The van der Waals surface area contributed by atoms with Gasteiger partial charge in [-0.05, 0) is 28.8 Å². The Balaban J connectivity index is 2.35. The van der Waals surface area contributed by atoms with E-state index in [1.54, 1.807) is 0 Å². The molecule has 2 aromatic rings. The van der Waals surface area contributed by atoms with E-state index in [4.69, 9.17) is 0 Å². The number of rotatable bonds is 3. The van der Waals surface area contributed by atoms with Crippen molar-refractivity contribution in [1.29, 1.82) is 0 Å². The maximum absolute atomic E-state index is 4.65. The summed E-state index contributed by atoms with van der Waals surface area (Å²) in [6.45, 7) is 11.5. The van der Waals surface area contributed by atoms with E-state index in [0.29, 0.717) is 5.92 Å². The third-order valence-corrected chi connectivity index (χ3v) is 5.51. The molecule has 1 heterocycles. The molecule has 19 heavy (non-hydrogen) atoms.